The monoisotopic (exact) mass is 544 g/mol. The second kappa shape index (κ2) is 11.3. The second-order valence-corrected chi connectivity index (χ2v) is 14.6. The highest BCUT2D eigenvalue weighted by Gasteiger charge is 2.61. The molecule has 9 unspecified atom stereocenters. The third-order valence-electron chi connectivity index (χ3n) is 12.3. The largest absolute Gasteiger partial charge is 0.458 e. The number of allylic oxidation sites excluding steroid dienone is 4. The standard InChI is InChI=1S/C37H52O3/c1-8-26(23(2)3)15-14-24(4)29-16-17-30-28-22-32(38)34-25(5)33(40-35(39)27-12-10-9-11-13-27)19-21-37(34,7)31(28)18-20-36(29,30)6/h9-14,22-23,25-26,29-31,33-34H,8,15-21H2,1-7H3/b24-14-. The highest BCUT2D eigenvalue weighted by Crippen LogP contribution is 2.67. The van der Waals surface area contributed by atoms with Crippen molar-refractivity contribution >= 4 is 11.8 Å². The van der Waals surface area contributed by atoms with E-state index in [0.29, 0.717) is 23.3 Å². The molecule has 4 aliphatic rings. The summed E-state index contributed by atoms with van der Waals surface area (Å²) in [5.41, 5.74) is 3.84. The van der Waals surface area contributed by atoms with E-state index in [2.05, 4.69) is 60.6 Å². The van der Waals surface area contributed by atoms with Crippen LogP contribution in [-0.2, 0) is 9.53 Å². The number of carbonyl (C=O) groups is 2. The summed E-state index contributed by atoms with van der Waals surface area (Å²) in [5, 5.41) is 0. The summed E-state index contributed by atoms with van der Waals surface area (Å²) in [4.78, 5) is 26.8. The molecule has 0 aromatic heterocycles. The van der Waals surface area contributed by atoms with E-state index in [1.165, 1.54) is 44.1 Å². The van der Waals surface area contributed by atoms with Gasteiger partial charge in [-0.25, -0.2) is 4.79 Å². The van der Waals surface area contributed by atoms with Crippen molar-refractivity contribution < 1.29 is 14.3 Å². The molecule has 0 radical (unpaired) electrons. The Morgan fingerprint density at radius 1 is 1.02 bits per heavy atom. The SMILES string of the molecule is CCC(C/C=C(/C)C1CCC2C3=CC(=O)C4C(C)C(OC(=O)c5ccccc5)CCC4(C)C3CCC21C)C(C)C. The molecule has 1 aromatic carbocycles. The zero-order valence-corrected chi connectivity index (χ0v) is 26.0. The van der Waals surface area contributed by atoms with Gasteiger partial charge in [-0.15, -0.1) is 0 Å². The lowest BCUT2D eigenvalue weighted by Gasteiger charge is -2.58. The topological polar surface area (TPSA) is 43.4 Å². The molecule has 0 spiro atoms. The molecule has 0 N–H and O–H groups in total. The lowest BCUT2D eigenvalue weighted by atomic mass is 9.46. The molecule has 3 nitrogen and oxygen atoms in total. The minimum absolute atomic E-state index is 0.0268. The first-order valence-electron chi connectivity index (χ1n) is 16.2. The number of benzene rings is 1. The van der Waals surface area contributed by atoms with Crippen LogP contribution in [0.3, 0.4) is 0 Å². The van der Waals surface area contributed by atoms with E-state index in [-0.39, 0.29) is 40.5 Å². The highest BCUT2D eigenvalue weighted by molar-refractivity contribution is 5.95. The van der Waals surface area contributed by atoms with Crippen LogP contribution < -0.4 is 0 Å². The number of ether oxygens (including phenoxy) is 1. The van der Waals surface area contributed by atoms with Gasteiger partial charge in [-0.2, -0.15) is 0 Å². The molecule has 0 heterocycles. The molecule has 0 bridgehead atoms. The summed E-state index contributed by atoms with van der Waals surface area (Å²) in [5.74, 6) is 3.05. The first-order chi connectivity index (χ1) is 19.0. The van der Waals surface area contributed by atoms with Crippen molar-refractivity contribution in [1.29, 1.82) is 0 Å². The summed E-state index contributed by atoms with van der Waals surface area (Å²) in [7, 11) is 0. The number of carbonyl (C=O) groups excluding carboxylic acids is 2. The van der Waals surface area contributed by atoms with Crippen LogP contribution in [0, 0.1) is 52.3 Å². The first kappa shape index (κ1) is 29.3. The summed E-state index contributed by atoms with van der Waals surface area (Å²) < 4.78 is 6.04. The van der Waals surface area contributed by atoms with Crippen LogP contribution in [0.25, 0.3) is 0 Å². The van der Waals surface area contributed by atoms with Gasteiger partial charge in [0, 0.05) is 11.8 Å². The van der Waals surface area contributed by atoms with Crippen molar-refractivity contribution in [2.45, 2.75) is 106 Å². The van der Waals surface area contributed by atoms with Gasteiger partial charge in [0.15, 0.2) is 5.78 Å². The maximum Gasteiger partial charge on any atom is 0.338 e. The van der Waals surface area contributed by atoms with Crippen LogP contribution in [0.1, 0.15) is 110 Å². The molecule has 5 rings (SSSR count). The Morgan fingerprint density at radius 2 is 1.70 bits per heavy atom. The zero-order valence-electron chi connectivity index (χ0n) is 26.0. The Hall–Kier alpha value is -2.16. The molecule has 0 saturated heterocycles. The predicted molar refractivity (Wildman–Crippen MR) is 163 cm³/mol. The Morgan fingerprint density at radius 3 is 2.38 bits per heavy atom. The minimum atomic E-state index is -0.270. The van der Waals surface area contributed by atoms with Crippen LogP contribution in [0.2, 0.25) is 0 Å². The Balaban J connectivity index is 1.35. The fourth-order valence-corrected chi connectivity index (χ4v) is 9.91. The summed E-state index contributed by atoms with van der Waals surface area (Å²) >= 11 is 0. The quantitative estimate of drug-likeness (QED) is 0.254. The molecular weight excluding hydrogens is 492 g/mol. The molecule has 218 valence electrons. The number of rotatable bonds is 7. The summed E-state index contributed by atoms with van der Waals surface area (Å²) in [6.07, 6.45) is 13.5. The normalized spacial score (nSPS) is 38.2. The van der Waals surface area contributed by atoms with Crippen molar-refractivity contribution in [2.75, 3.05) is 0 Å². The Bertz CT molecular complexity index is 1160. The van der Waals surface area contributed by atoms with Crippen molar-refractivity contribution in [3.63, 3.8) is 0 Å². The maximum atomic E-state index is 14.0. The average molecular weight is 545 g/mol. The number of fused-ring (bicyclic) bond motifs is 5. The van der Waals surface area contributed by atoms with E-state index < -0.39 is 0 Å². The maximum absolute atomic E-state index is 14.0. The molecule has 1 aromatic rings. The van der Waals surface area contributed by atoms with Crippen LogP contribution in [0.4, 0.5) is 0 Å². The van der Waals surface area contributed by atoms with E-state index in [1.54, 1.807) is 17.7 Å². The number of ketones is 1. The lowest BCUT2D eigenvalue weighted by molar-refractivity contribution is -0.140. The number of esters is 1. The van der Waals surface area contributed by atoms with Crippen LogP contribution in [-0.4, -0.2) is 17.9 Å². The van der Waals surface area contributed by atoms with E-state index >= 15 is 0 Å². The number of hydrogen-bond donors (Lipinski definition) is 0. The van der Waals surface area contributed by atoms with Gasteiger partial charge in [-0.1, -0.05) is 83.4 Å². The minimum Gasteiger partial charge on any atom is -0.458 e. The van der Waals surface area contributed by atoms with Gasteiger partial charge in [-0.05, 0) is 110 Å². The smallest absolute Gasteiger partial charge is 0.338 e. The summed E-state index contributed by atoms with van der Waals surface area (Å²) in [6, 6.07) is 9.24. The molecule has 0 aliphatic heterocycles. The molecule has 3 fully saturated rings. The molecule has 0 amide bonds. The van der Waals surface area contributed by atoms with Crippen molar-refractivity contribution in [3.8, 4) is 0 Å². The van der Waals surface area contributed by atoms with Crippen LogP contribution >= 0.6 is 0 Å². The zero-order chi connectivity index (χ0) is 28.8. The average Bonchev–Trinajstić information content (AvgIpc) is 3.28. The fraction of sp³-hybridized carbons (Fsp3) is 0.676. The molecular formula is C37H52O3. The third kappa shape index (κ3) is 4.94. The van der Waals surface area contributed by atoms with Gasteiger partial charge in [0.2, 0.25) is 0 Å². The second-order valence-electron chi connectivity index (χ2n) is 14.6. The fourth-order valence-electron chi connectivity index (χ4n) is 9.91. The van der Waals surface area contributed by atoms with Gasteiger partial charge >= 0.3 is 5.97 Å². The molecule has 40 heavy (non-hydrogen) atoms. The van der Waals surface area contributed by atoms with Gasteiger partial charge in [0.25, 0.3) is 0 Å². The van der Waals surface area contributed by atoms with Crippen molar-refractivity contribution in [2.24, 2.45) is 52.3 Å². The Kier molecular flexibility index (Phi) is 8.25. The van der Waals surface area contributed by atoms with E-state index in [0.717, 1.165) is 24.7 Å². The molecule has 3 heteroatoms. The van der Waals surface area contributed by atoms with Gasteiger partial charge in [-0.3, -0.25) is 4.79 Å². The van der Waals surface area contributed by atoms with E-state index in [4.69, 9.17) is 4.74 Å². The number of hydrogen-bond acceptors (Lipinski definition) is 3. The van der Waals surface area contributed by atoms with E-state index in [9.17, 15) is 9.59 Å². The summed E-state index contributed by atoms with van der Waals surface area (Å²) in [6.45, 7) is 16.5. The first-order valence-corrected chi connectivity index (χ1v) is 16.2. The predicted octanol–water partition coefficient (Wildman–Crippen LogP) is 9.23. The van der Waals surface area contributed by atoms with Crippen LogP contribution in [0.15, 0.2) is 53.6 Å². The third-order valence-corrected chi connectivity index (χ3v) is 12.3. The highest BCUT2D eigenvalue weighted by atomic mass is 16.5. The van der Waals surface area contributed by atoms with E-state index in [1.807, 2.05) is 18.2 Å². The Labute approximate surface area is 243 Å². The van der Waals surface area contributed by atoms with Gasteiger partial charge in [0.1, 0.15) is 6.10 Å². The molecule has 4 aliphatic carbocycles. The molecule has 3 saturated carbocycles. The molecule has 9 atom stereocenters. The van der Waals surface area contributed by atoms with Crippen LogP contribution in [0.5, 0.6) is 0 Å². The van der Waals surface area contributed by atoms with Gasteiger partial charge in [0.05, 0.1) is 5.56 Å². The van der Waals surface area contributed by atoms with Gasteiger partial charge < -0.3 is 4.74 Å². The lowest BCUT2D eigenvalue weighted by Crippen LogP contribution is -2.56. The van der Waals surface area contributed by atoms with Crippen molar-refractivity contribution in [3.05, 3.63) is 59.2 Å². The van der Waals surface area contributed by atoms with Crippen molar-refractivity contribution in [1.82, 2.24) is 0 Å².